The number of nitrogens with zero attached hydrogens (tertiary/aromatic N) is 1. The molecular weight excluding hydrogens is 230 g/mol. The summed E-state index contributed by atoms with van der Waals surface area (Å²) >= 11 is 5.84. The van der Waals surface area contributed by atoms with E-state index in [4.69, 9.17) is 11.6 Å². The van der Waals surface area contributed by atoms with Crippen LogP contribution in [0.5, 0.6) is 0 Å². The molecule has 92 valence electrons. The third-order valence-corrected chi connectivity index (χ3v) is 4.72. The third-order valence-electron chi connectivity index (χ3n) is 4.42. The molecule has 0 aromatic heterocycles. The van der Waals surface area contributed by atoms with Gasteiger partial charge in [0.1, 0.15) is 0 Å². The predicted molar refractivity (Wildman–Crippen MR) is 73.7 cm³/mol. The highest BCUT2D eigenvalue weighted by atomic mass is 35.5. The molecule has 0 amide bonds. The number of piperidine rings is 1. The van der Waals surface area contributed by atoms with Gasteiger partial charge in [-0.3, -0.25) is 0 Å². The van der Waals surface area contributed by atoms with E-state index >= 15 is 0 Å². The van der Waals surface area contributed by atoms with Crippen LogP contribution < -0.4 is 4.90 Å². The lowest BCUT2D eigenvalue weighted by Gasteiger charge is -2.39. The van der Waals surface area contributed by atoms with Gasteiger partial charge in [-0.1, -0.05) is 18.6 Å². The Hall–Kier alpha value is -0.690. The van der Waals surface area contributed by atoms with Crippen molar-refractivity contribution in [3.63, 3.8) is 0 Å². The van der Waals surface area contributed by atoms with Crippen LogP contribution in [0.1, 0.15) is 37.7 Å². The summed E-state index contributed by atoms with van der Waals surface area (Å²) in [6.45, 7) is 1.24. The summed E-state index contributed by atoms with van der Waals surface area (Å²) in [5, 5.41) is 0. The zero-order valence-electron chi connectivity index (χ0n) is 10.2. The van der Waals surface area contributed by atoms with Crippen LogP contribution in [-0.2, 0) is 5.88 Å². The van der Waals surface area contributed by atoms with E-state index in [2.05, 4.69) is 29.2 Å². The number of rotatable bonds is 2. The first-order chi connectivity index (χ1) is 8.38. The second-order valence-corrected chi connectivity index (χ2v) is 5.66. The maximum atomic E-state index is 5.84. The van der Waals surface area contributed by atoms with Gasteiger partial charge in [0.25, 0.3) is 0 Å². The van der Waals surface area contributed by atoms with Crippen molar-refractivity contribution in [1.82, 2.24) is 0 Å². The minimum Gasteiger partial charge on any atom is -0.368 e. The van der Waals surface area contributed by atoms with Crippen LogP contribution in [0.25, 0.3) is 0 Å². The standard InChI is InChI=1S/C15H20ClN/c16-11-12-6-8-14(9-7-12)17-10-2-4-13-3-1-5-15(13)17/h6-9,13,15H,1-5,10-11H2. The average molecular weight is 250 g/mol. The van der Waals surface area contributed by atoms with E-state index in [1.807, 2.05) is 0 Å². The van der Waals surface area contributed by atoms with Gasteiger partial charge in [-0.25, -0.2) is 0 Å². The van der Waals surface area contributed by atoms with Crippen molar-refractivity contribution >= 4 is 17.3 Å². The molecule has 0 bridgehead atoms. The molecule has 1 aromatic carbocycles. The van der Waals surface area contributed by atoms with E-state index in [9.17, 15) is 0 Å². The SMILES string of the molecule is ClCc1ccc(N2CCCC3CCCC32)cc1. The van der Waals surface area contributed by atoms with Crippen molar-refractivity contribution in [2.24, 2.45) is 5.92 Å². The second kappa shape index (κ2) is 4.89. The molecule has 2 heteroatoms. The van der Waals surface area contributed by atoms with Crippen molar-refractivity contribution in [2.45, 2.75) is 44.0 Å². The Morgan fingerprint density at radius 2 is 1.82 bits per heavy atom. The Morgan fingerprint density at radius 3 is 2.59 bits per heavy atom. The van der Waals surface area contributed by atoms with E-state index < -0.39 is 0 Å². The molecule has 0 N–H and O–H groups in total. The van der Waals surface area contributed by atoms with Gasteiger partial charge in [0.2, 0.25) is 0 Å². The average Bonchev–Trinajstić information content (AvgIpc) is 2.87. The smallest absolute Gasteiger partial charge is 0.0474 e. The van der Waals surface area contributed by atoms with Gasteiger partial charge < -0.3 is 4.90 Å². The number of fused-ring (bicyclic) bond motifs is 1. The minimum atomic E-state index is 0.617. The van der Waals surface area contributed by atoms with Crippen LogP contribution in [0.4, 0.5) is 5.69 Å². The summed E-state index contributed by atoms with van der Waals surface area (Å²) in [5.41, 5.74) is 2.62. The Bertz CT molecular complexity index is 373. The van der Waals surface area contributed by atoms with Gasteiger partial charge in [-0.15, -0.1) is 11.6 Å². The normalized spacial score (nSPS) is 28.2. The molecule has 1 nitrogen and oxygen atoms in total. The Morgan fingerprint density at radius 1 is 1.06 bits per heavy atom. The molecule has 1 saturated carbocycles. The number of alkyl halides is 1. The fraction of sp³-hybridized carbons (Fsp3) is 0.600. The topological polar surface area (TPSA) is 3.24 Å². The van der Waals surface area contributed by atoms with Crippen molar-refractivity contribution in [2.75, 3.05) is 11.4 Å². The molecule has 2 atom stereocenters. The van der Waals surface area contributed by atoms with Crippen LogP contribution in [0.2, 0.25) is 0 Å². The van der Waals surface area contributed by atoms with Crippen molar-refractivity contribution in [3.8, 4) is 0 Å². The highest BCUT2D eigenvalue weighted by molar-refractivity contribution is 6.17. The van der Waals surface area contributed by atoms with E-state index in [1.165, 1.54) is 49.9 Å². The Labute approximate surface area is 109 Å². The van der Waals surface area contributed by atoms with Crippen molar-refractivity contribution in [3.05, 3.63) is 29.8 Å². The number of benzene rings is 1. The Balaban J connectivity index is 1.81. The highest BCUT2D eigenvalue weighted by Crippen LogP contribution is 2.39. The van der Waals surface area contributed by atoms with E-state index in [0.29, 0.717) is 5.88 Å². The molecule has 2 aliphatic rings. The first-order valence-electron chi connectivity index (χ1n) is 6.80. The van der Waals surface area contributed by atoms with Crippen LogP contribution in [0, 0.1) is 5.92 Å². The fourth-order valence-corrected chi connectivity index (χ4v) is 3.73. The minimum absolute atomic E-state index is 0.617. The molecule has 1 saturated heterocycles. The molecule has 1 aromatic rings. The molecule has 2 unspecified atom stereocenters. The van der Waals surface area contributed by atoms with E-state index in [0.717, 1.165) is 12.0 Å². The van der Waals surface area contributed by atoms with Crippen molar-refractivity contribution in [1.29, 1.82) is 0 Å². The lowest BCUT2D eigenvalue weighted by Crippen LogP contribution is -2.42. The number of anilines is 1. The second-order valence-electron chi connectivity index (χ2n) is 5.39. The maximum Gasteiger partial charge on any atom is 0.0474 e. The fourth-order valence-electron chi connectivity index (χ4n) is 3.55. The number of halogens is 1. The molecule has 1 aliphatic carbocycles. The summed E-state index contributed by atoms with van der Waals surface area (Å²) < 4.78 is 0. The zero-order chi connectivity index (χ0) is 11.7. The number of hydrogen-bond donors (Lipinski definition) is 0. The molecule has 0 spiro atoms. The lowest BCUT2D eigenvalue weighted by molar-refractivity contribution is 0.362. The van der Waals surface area contributed by atoms with Gasteiger partial charge >= 0.3 is 0 Å². The number of hydrogen-bond acceptors (Lipinski definition) is 1. The summed E-state index contributed by atoms with van der Waals surface area (Å²) in [7, 11) is 0. The first-order valence-corrected chi connectivity index (χ1v) is 7.33. The third kappa shape index (κ3) is 2.18. The van der Waals surface area contributed by atoms with E-state index in [1.54, 1.807) is 0 Å². The molecule has 2 fully saturated rings. The van der Waals surface area contributed by atoms with Gasteiger partial charge in [0, 0.05) is 24.2 Å². The summed E-state index contributed by atoms with van der Waals surface area (Å²) in [4.78, 5) is 2.64. The van der Waals surface area contributed by atoms with Crippen LogP contribution >= 0.6 is 11.6 Å². The molecule has 17 heavy (non-hydrogen) atoms. The largest absolute Gasteiger partial charge is 0.368 e. The summed E-state index contributed by atoms with van der Waals surface area (Å²) in [5.74, 6) is 1.57. The summed E-state index contributed by atoms with van der Waals surface area (Å²) in [6.07, 6.45) is 7.06. The highest BCUT2D eigenvalue weighted by Gasteiger charge is 2.34. The van der Waals surface area contributed by atoms with Crippen molar-refractivity contribution < 1.29 is 0 Å². The van der Waals surface area contributed by atoms with E-state index in [-0.39, 0.29) is 0 Å². The maximum absolute atomic E-state index is 5.84. The summed E-state index contributed by atoms with van der Waals surface area (Å²) in [6, 6.07) is 9.64. The predicted octanol–water partition coefficient (Wildman–Crippen LogP) is 4.19. The molecule has 0 radical (unpaired) electrons. The molecule has 1 aliphatic heterocycles. The first kappa shape index (κ1) is 11.4. The zero-order valence-corrected chi connectivity index (χ0v) is 11.0. The lowest BCUT2D eigenvalue weighted by atomic mass is 9.91. The Kier molecular flexibility index (Phi) is 3.28. The van der Waals surface area contributed by atoms with Gasteiger partial charge in [0.15, 0.2) is 0 Å². The molecule has 3 rings (SSSR count). The van der Waals surface area contributed by atoms with Crippen LogP contribution in [0.15, 0.2) is 24.3 Å². The molecular formula is C15H20ClN. The van der Waals surface area contributed by atoms with Gasteiger partial charge in [-0.05, 0) is 49.3 Å². The van der Waals surface area contributed by atoms with Crippen LogP contribution in [0.3, 0.4) is 0 Å². The molecule has 1 heterocycles. The van der Waals surface area contributed by atoms with Gasteiger partial charge in [0.05, 0.1) is 0 Å². The van der Waals surface area contributed by atoms with Crippen LogP contribution in [-0.4, -0.2) is 12.6 Å². The quantitative estimate of drug-likeness (QED) is 0.711. The monoisotopic (exact) mass is 249 g/mol. The van der Waals surface area contributed by atoms with Gasteiger partial charge in [-0.2, -0.15) is 0 Å².